The second kappa shape index (κ2) is 5.63. The molecule has 0 atom stereocenters. The summed E-state index contributed by atoms with van der Waals surface area (Å²) in [6.07, 6.45) is -1.90. The number of nitriles is 1. The van der Waals surface area contributed by atoms with Gasteiger partial charge in [-0.05, 0) is 30.3 Å². The lowest BCUT2D eigenvalue weighted by Crippen LogP contribution is -2.14. The molecular formula is C14H8F3N3O. The first kappa shape index (κ1) is 14.5. The number of rotatable bonds is 2. The Bertz CT molecular complexity index is 706. The van der Waals surface area contributed by atoms with Gasteiger partial charge in [-0.15, -0.1) is 0 Å². The minimum absolute atomic E-state index is 0.0461. The molecule has 7 heteroatoms. The highest BCUT2D eigenvalue weighted by Gasteiger charge is 2.33. The Morgan fingerprint density at radius 3 is 2.62 bits per heavy atom. The van der Waals surface area contributed by atoms with E-state index in [2.05, 4.69) is 10.3 Å². The van der Waals surface area contributed by atoms with Crippen molar-refractivity contribution in [2.75, 3.05) is 5.32 Å². The number of amides is 1. The van der Waals surface area contributed by atoms with Crippen molar-refractivity contribution in [2.45, 2.75) is 6.18 Å². The second-order valence-corrected chi connectivity index (χ2v) is 4.07. The third-order valence-corrected chi connectivity index (χ3v) is 2.63. The monoisotopic (exact) mass is 291 g/mol. The molecule has 0 aliphatic rings. The van der Waals surface area contributed by atoms with Crippen LogP contribution in [-0.2, 0) is 6.18 Å². The molecule has 0 radical (unpaired) electrons. The SMILES string of the molecule is N#Cc1ccc(NC(=O)c2cccnc2)cc1C(F)(F)F. The van der Waals surface area contributed by atoms with Gasteiger partial charge in [-0.3, -0.25) is 9.78 Å². The van der Waals surface area contributed by atoms with Crippen molar-refractivity contribution in [3.05, 3.63) is 59.4 Å². The Labute approximate surface area is 117 Å². The zero-order valence-corrected chi connectivity index (χ0v) is 10.5. The van der Waals surface area contributed by atoms with E-state index in [0.717, 1.165) is 12.1 Å². The molecule has 1 heterocycles. The number of carbonyl (C=O) groups excluding carboxylic acids is 1. The van der Waals surface area contributed by atoms with Crippen LogP contribution >= 0.6 is 0 Å². The number of nitrogens with one attached hydrogen (secondary N) is 1. The van der Waals surface area contributed by atoms with E-state index in [1.807, 2.05) is 0 Å². The van der Waals surface area contributed by atoms with Gasteiger partial charge in [0.1, 0.15) is 0 Å². The number of carbonyl (C=O) groups is 1. The number of pyridine rings is 1. The summed E-state index contributed by atoms with van der Waals surface area (Å²) in [7, 11) is 0. The number of hydrogen-bond donors (Lipinski definition) is 1. The van der Waals surface area contributed by atoms with Crippen LogP contribution in [0.15, 0.2) is 42.7 Å². The molecule has 0 fully saturated rings. The van der Waals surface area contributed by atoms with E-state index in [0.29, 0.717) is 0 Å². The largest absolute Gasteiger partial charge is 0.417 e. The van der Waals surface area contributed by atoms with Gasteiger partial charge in [0.2, 0.25) is 0 Å². The molecule has 1 amide bonds. The quantitative estimate of drug-likeness (QED) is 0.923. The van der Waals surface area contributed by atoms with Crippen LogP contribution in [0.25, 0.3) is 0 Å². The summed E-state index contributed by atoms with van der Waals surface area (Å²) >= 11 is 0. The predicted molar refractivity (Wildman–Crippen MR) is 68.3 cm³/mol. The summed E-state index contributed by atoms with van der Waals surface area (Å²) in [6.45, 7) is 0. The average molecular weight is 291 g/mol. The van der Waals surface area contributed by atoms with Crippen LogP contribution in [0, 0.1) is 11.3 Å². The second-order valence-electron chi connectivity index (χ2n) is 4.07. The van der Waals surface area contributed by atoms with E-state index in [9.17, 15) is 18.0 Å². The normalized spacial score (nSPS) is 10.8. The van der Waals surface area contributed by atoms with Crippen LogP contribution in [0.5, 0.6) is 0 Å². The molecule has 106 valence electrons. The van der Waals surface area contributed by atoms with Crippen LogP contribution in [0.1, 0.15) is 21.5 Å². The summed E-state index contributed by atoms with van der Waals surface area (Å²) < 4.78 is 38.4. The fourth-order valence-corrected chi connectivity index (χ4v) is 1.65. The van der Waals surface area contributed by atoms with E-state index in [1.54, 1.807) is 0 Å². The summed E-state index contributed by atoms with van der Waals surface area (Å²) in [6, 6.07) is 7.47. The van der Waals surface area contributed by atoms with Gasteiger partial charge in [0, 0.05) is 18.1 Å². The minimum atomic E-state index is -4.67. The highest BCUT2D eigenvalue weighted by Crippen LogP contribution is 2.33. The molecule has 1 aromatic heterocycles. The molecule has 0 unspecified atom stereocenters. The maximum absolute atomic E-state index is 12.8. The van der Waals surface area contributed by atoms with Crippen molar-refractivity contribution in [1.82, 2.24) is 4.98 Å². The fraction of sp³-hybridized carbons (Fsp3) is 0.0714. The molecule has 0 saturated heterocycles. The van der Waals surface area contributed by atoms with Crippen molar-refractivity contribution in [2.24, 2.45) is 0 Å². The number of aromatic nitrogens is 1. The van der Waals surface area contributed by atoms with E-state index in [4.69, 9.17) is 5.26 Å². The van der Waals surface area contributed by atoms with E-state index in [-0.39, 0.29) is 11.3 Å². The Morgan fingerprint density at radius 2 is 2.05 bits per heavy atom. The molecule has 0 bridgehead atoms. The lowest BCUT2D eigenvalue weighted by molar-refractivity contribution is -0.137. The first-order valence-electron chi connectivity index (χ1n) is 5.74. The van der Waals surface area contributed by atoms with Gasteiger partial charge in [0.05, 0.1) is 22.8 Å². The fourth-order valence-electron chi connectivity index (χ4n) is 1.65. The van der Waals surface area contributed by atoms with E-state index in [1.165, 1.54) is 36.7 Å². The Kier molecular flexibility index (Phi) is 3.89. The van der Waals surface area contributed by atoms with Gasteiger partial charge < -0.3 is 5.32 Å². The number of anilines is 1. The van der Waals surface area contributed by atoms with Crippen LogP contribution < -0.4 is 5.32 Å². The summed E-state index contributed by atoms with van der Waals surface area (Å²) in [5.41, 5.74) is -1.42. The zero-order chi connectivity index (χ0) is 15.5. The summed E-state index contributed by atoms with van der Waals surface area (Å²) in [5, 5.41) is 11.0. The highest BCUT2D eigenvalue weighted by molar-refractivity contribution is 6.04. The molecule has 1 aromatic carbocycles. The van der Waals surface area contributed by atoms with Gasteiger partial charge in [-0.1, -0.05) is 0 Å². The third kappa shape index (κ3) is 3.36. The van der Waals surface area contributed by atoms with Gasteiger partial charge >= 0.3 is 6.18 Å². The number of hydrogen-bond acceptors (Lipinski definition) is 3. The molecule has 0 aliphatic heterocycles. The Hall–Kier alpha value is -2.88. The van der Waals surface area contributed by atoms with Crippen molar-refractivity contribution >= 4 is 11.6 Å². The molecule has 4 nitrogen and oxygen atoms in total. The standard InChI is InChI=1S/C14H8F3N3O/c15-14(16,17)12-6-11(4-3-9(12)7-18)20-13(21)10-2-1-5-19-8-10/h1-6,8H,(H,20,21). The molecule has 0 spiro atoms. The summed E-state index contributed by atoms with van der Waals surface area (Å²) in [4.78, 5) is 15.6. The maximum atomic E-state index is 12.8. The minimum Gasteiger partial charge on any atom is -0.322 e. The molecule has 21 heavy (non-hydrogen) atoms. The Balaban J connectivity index is 2.30. The first-order chi connectivity index (χ1) is 9.91. The van der Waals surface area contributed by atoms with Gasteiger partial charge in [0.15, 0.2) is 0 Å². The van der Waals surface area contributed by atoms with Crippen LogP contribution in [0.4, 0.5) is 18.9 Å². The van der Waals surface area contributed by atoms with Crippen molar-refractivity contribution < 1.29 is 18.0 Å². The summed E-state index contributed by atoms with van der Waals surface area (Å²) in [5.74, 6) is -0.582. The van der Waals surface area contributed by atoms with Gasteiger partial charge in [-0.2, -0.15) is 18.4 Å². The number of nitrogens with zero attached hydrogens (tertiary/aromatic N) is 2. The topological polar surface area (TPSA) is 65.8 Å². The number of benzene rings is 1. The van der Waals surface area contributed by atoms with Crippen molar-refractivity contribution in [1.29, 1.82) is 5.26 Å². The first-order valence-corrected chi connectivity index (χ1v) is 5.74. The molecule has 2 aromatic rings. The smallest absolute Gasteiger partial charge is 0.322 e. The lowest BCUT2D eigenvalue weighted by atomic mass is 10.1. The van der Waals surface area contributed by atoms with Crippen molar-refractivity contribution in [3.8, 4) is 6.07 Å². The Morgan fingerprint density at radius 1 is 1.29 bits per heavy atom. The molecular weight excluding hydrogens is 283 g/mol. The van der Waals surface area contributed by atoms with Gasteiger partial charge in [-0.25, -0.2) is 0 Å². The van der Waals surface area contributed by atoms with Crippen molar-refractivity contribution in [3.63, 3.8) is 0 Å². The van der Waals surface area contributed by atoms with Gasteiger partial charge in [0.25, 0.3) is 5.91 Å². The number of halogens is 3. The molecule has 0 aliphatic carbocycles. The molecule has 0 saturated carbocycles. The van der Waals surface area contributed by atoms with Crippen LogP contribution in [-0.4, -0.2) is 10.9 Å². The molecule has 2 rings (SSSR count). The molecule has 1 N–H and O–H groups in total. The lowest BCUT2D eigenvalue weighted by Gasteiger charge is -2.11. The highest BCUT2D eigenvalue weighted by atomic mass is 19.4. The predicted octanol–water partition coefficient (Wildman–Crippen LogP) is 3.22. The van der Waals surface area contributed by atoms with E-state index < -0.39 is 23.2 Å². The maximum Gasteiger partial charge on any atom is 0.417 e. The average Bonchev–Trinajstić information content (AvgIpc) is 2.47. The van der Waals surface area contributed by atoms with Crippen LogP contribution in [0.3, 0.4) is 0 Å². The number of alkyl halides is 3. The third-order valence-electron chi connectivity index (χ3n) is 2.63. The van der Waals surface area contributed by atoms with E-state index >= 15 is 0 Å². The zero-order valence-electron chi connectivity index (χ0n) is 10.5. The van der Waals surface area contributed by atoms with Crippen LogP contribution in [0.2, 0.25) is 0 Å².